The smallest absolute Gasteiger partial charge is 0.261 e. The number of sulfonamides is 1. The Balaban J connectivity index is 2.29. The summed E-state index contributed by atoms with van der Waals surface area (Å²) >= 11 is 0. The standard InChI is InChI=1S/C12H12N4O2S/c13-6-7-16(9-11-4-2-1-3-5-11)19(17,18)12-8-14-10-15-12/h1-5,8,10H,7,9H2,(H,14,15). The van der Waals surface area contributed by atoms with E-state index in [-0.39, 0.29) is 18.1 Å². The van der Waals surface area contributed by atoms with Crippen LogP contribution in [0.5, 0.6) is 0 Å². The first-order valence-electron chi connectivity index (χ1n) is 5.54. The van der Waals surface area contributed by atoms with Crippen molar-refractivity contribution in [3.8, 4) is 6.07 Å². The molecule has 0 atom stereocenters. The first kappa shape index (κ1) is 13.3. The van der Waals surface area contributed by atoms with Crippen LogP contribution in [0, 0.1) is 11.3 Å². The number of aromatic nitrogens is 2. The van der Waals surface area contributed by atoms with Crippen LogP contribution in [0.15, 0.2) is 47.9 Å². The normalized spacial score (nSPS) is 11.4. The third kappa shape index (κ3) is 2.99. The highest BCUT2D eigenvalue weighted by atomic mass is 32.2. The van der Waals surface area contributed by atoms with Crippen LogP contribution < -0.4 is 0 Å². The Morgan fingerprint density at radius 2 is 2.05 bits per heavy atom. The van der Waals surface area contributed by atoms with Crippen molar-refractivity contribution in [1.82, 2.24) is 14.3 Å². The average molecular weight is 276 g/mol. The number of aromatic amines is 1. The van der Waals surface area contributed by atoms with Crippen molar-refractivity contribution in [3.63, 3.8) is 0 Å². The molecule has 0 aliphatic rings. The second-order valence-electron chi connectivity index (χ2n) is 3.83. The molecule has 0 saturated heterocycles. The van der Waals surface area contributed by atoms with Gasteiger partial charge in [-0.25, -0.2) is 13.4 Å². The highest BCUT2D eigenvalue weighted by Crippen LogP contribution is 2.15. The number of hydrogen-bond donors (Lipinski definition) is 1. The lowest BCUT2D eigenvalue weighted by Crippen LogP contribution is -2.31. The average Bonchev–Trinajstić information content (AvgIpc) is 2.94. The van der Waals surface area contributed by atoms with Crippen molar-refractivity contribution in [3.05, 3.63) is 48.4 Å². The molecule has 1 aromatic carbocycles. The van der Waals surface area contributed by atoms with Gasteiger partial charge in [-0.3, -0.25) is 0 Å². The molecule has 0 unspecified atom stereocenters. The summed E-state index contributed by atoms with van der Waals surface area (Å²) in [5.41, 5.74) is 0.820. The summed E-state index contributed by atoms with van der Waals surface area (Å²) in [6, 6.07) is 11.0. The van der Waals surface area contributed by atoms with Gasteiger partial charge in [0.15, 0.2) is 5.03 Å². The van der Waals surface area contributed by atoms with Gasteiger partial charge in [0.25, 0.3) is 10.0 Å². The zero-order valence-corrected chi connectivity index (χ0v) is 10.8. The molecule has 2 rings (SSSR count). The van der Waals surface area contributed by atoms with Gasteiger partial charge in [-0.2, -0.15) is 9.57 Å². The molecular formula is C12H12N4O2S. The Morgan fingerprint density at radius 1 is 1.32 bits per heavy atom. The molecule has 0 fully saturated rings. The molecular weight excluding hydrogens is 264 g/mol. The number of imidazole rings is 1. The van der Waals surface area contributed by atoms with Crippen LogP contribution in [-0.4, -0.2) is 29.2 Å². The van der Waals surface area contributed by atoms with Crippen LogP contribution in [0.25, 0.3) is 0 Å². The third-order valence-corrected chi connectivity index (χ3v) is 4.26. The van der Waals surface area contributed by atoms with Gasteiger partial charge < -0.3 is 4.98 Å². The van der Waals surface area contributed by atoms with Crippen LogP contribution in [0.1, 0.15) is 5.56 Å². The maximum Gasteiger partial charge on any atom is 0.261 e. The molecule has 6 nitrogen and oxygen atoms in total. The van der Waals surface area contributed by atoms with Crippen LogP contribution >= 0.6 is 0 Å². The number of nitriles is 1. The lowest BCUT2D eigenvalue weighted by atomic mass is 10.2. The summed E-state index contributed by atoms with van der Waals surface area (Å²) < 4.78 is 25.7. The molecule has 1 heterocycles. The number of hydrogen-bond acceptors (Lipinski definition) is 4. The molecule has 2 aromatic rings. The van der Waals surface area contributed by atoms with Gasteiger partial charge in [0, 0.05) is 6.54 Å². The minimum Gasteiger partial charge on any atom is -0.335 e. The van der Waals surface area contributed by atoms with E-state index >= 15 is 0 Å². The molecule has 19 heavy (non-hydrogen) atoms. The number of rotatable bonds is 5. The summed E-state index contributed by atoms with van der Waals surface area (Å²) in [5, 5.41) is 8.78. The van der Waals surface area contributed by atoms with Crippen LogP contribution in [0.2, 0.25) is 0 Å². The molecule has 0 bridgehead atoms. The molecule has 98 valence electrons. The lowest BCUT2D eigenvalue weighted by molar-refractivity contribution is 0.439. The summed E-state index contributed by atoms with van der Waals surface area (Å²) in [4.78, 5) is 6.25. The van der Waals surface area contributed by atoms with Gasteiger partial charge in [0.1, 0.15) is 6.54 Å². The van der Waals surface area contributed by atoms with E-state index in [1.54, 1.807) is 0 Å². The first-order chi connectivity index (χ1) is 9.14. The quantitative estimate of drug-likeness (QED) is 0.829. The molecule has 0 spiro atoms. The SMILES string of the molecule is N#CCN(Cc1ccccc1)S(=O)(=O)c1cnc[nH]1. The summed E-state index contributed by atoms with van der Waals surface area (Å²) in [6.45, 7) is -0.0635. The minimum absolute atomic E-state index is 0.0151. The molecule has 0 aliphatic carbocycles. The number of H-pyrrole nitrogens is 1. The van der Waals surface area contributed by atoms with E-state index in [0.29, 0.717) is 0 Å². The second-order valence-corrected chi connectivity index (χ2v) is 5.74. The van der Waals surface area contributed by atoms with E-state index in [0.717, 1.165) is 9.87 Å². The summed E-state index contributed by atoms with van der Waals surface area (Å²) in [6.07, 6.45) is 2.52. The Morgan fingerprint density at radius 3 is 2.63 bits per heavy atom. The molecule has 1 aromatic heterocycles. The van der Waals surface area contributed by atoms with Gasteiger partial charge >= 0.3 is 0 Å². The maximum atomic E-state index is 12.3. The van der Waals surface area contributed by atoms with E-state index in [4.69, 9.17) is 5.26 Å². The fraction of sp³-hybridized carbons (Fsp3) is 0.167. The van der Waals surface area contributed by atoms with Crippen molar-refractivity contribution in [1.29, 1.82) is 5.26 Å². The first-order valence-corrected chi connectivity index (χ1v) is 6.98. The second kappa shape index (κ2) is 5.65. The van der Waals surface area contributed by atoms with Crippen molar-refractivity contribution in [2.75, 3.05) is 6.54 Å². The Kier molecular flexibility index (Phi) is 3.94. The monoisotopic (exact) mass is 276 g/mol. The van der Waals surface area contributed by atoms with E-state index in [1.807, 2.05) is 36.4 Å². The van der Waals surface area contributed by atoms with Crippen molar-refractivity contribution < 1.29 is 8.42 Å². The van der Waals surface area contributed by atoms with Crippen molar-refractivity contribution in [2.24, 2.45) is 0 Å². The Hall–Kier alpha value is -2.17. The molecule has 0 amide bonds. The van der Waals surface area contributed by atoms with Gasteiger partial charge in [0.05, 0.1) is 18.6 Å². The summed E-state index contributed by atoms with van der Waals surface area (Å²) in [7, 11) is -3.73. The molecule has 7 heteroatoms. The van der Waals surface area contributed by atoms with Gasteiger partial charge in [0.2, 0.25) is 0 Å². The topological polar surface area (TPSA) is 89.8 Å². The van der Waals surface area contributed by atoms with Gasteiger partial charge in [-0.15, -0.1) is 0 Å². The summed E-state index contributed by atoms with van der Waals surface area (Å²) in [5.74, 6) is 0. The number of benzene rings is 1. The zero-order valence-electron chi connectivity index (χ0n) is 10.0. The lowest BCUT2D eigenvalue weighted by Gasteiger charge is -2.18. The van der Waals surface area contributed by atoms with Crippen LogP contribution in [0.4, 0.5) is 0 Å². The molecule has 0 saturated carbocycles. The van der Waals surface area contributed by atoms with Crippen LogP contribution in [0.3, 0.4) is 0 Å². The van der Waals surface area contributed by atoms with Crippen LogP contribution in [-0.2, 0) is 16.6 Å². The number of nitrogens with zero attached hydrogens (tertiary/aromatic N) is 3. The van der Waals surface area contributed by atoms with E-state index in [2.05, 4.69) is 9.97 Å². The minimum atomic E-state index is -3.73. The van der Waals surface area contributed by atoms with E-state index < -0.39 is 10.0 Å². The Labute approximate surface area is 111 Å². The predicted octanol–water partition coefficient (Wildman–Crippen LogP) is 1.12. The highest BCUT2D eigenvalue weighted by Gasteiger charge is 2.25. The highest BCUT2D eigenvalue weighted by molar-refractivity contribution is 7.89. The largest absolute Gasteiger partial charge is 0.335 e. The van der Waals surface area contributed by atoms with E-state index in [1.165, 1.54) is 12.5 Å². The van der Waals surface area contributed by atoms with E-state index in [9.17, 15) is 8.42 Å². The number of nitrogens with one attached hydrogen (secondary N) is 1. The van der Waals surface area contributed by atoms with Gasteiger partial charge in [-0.05, 0) is 5.56 Å². The third-order valence-electron chi connectivity index (χ3n) is 2.54. The molecule has 0 aliphatic heterocycles. The predicted molar refractivity (Wildman–Crippen MR) is 68.2 cm³/mol. The molecule has 1 N–H and O–H groups in total. The molecule has 0 radical (unpaired) electrons. The van der Waals surface area contributed by atoms with Crippen molar-refractivity contribution in [2.45, 2.75) is 11.6 Å². The maximum absolute atomic E-state index is 12.3. The fourth-order valence-corrected chi connectivity index (χ4v) is 2.84. The zero-order chi connectivity index (χ0) is 13.7. The fourth-order valence-electron chi connectivity index (χ4n) is 1.62. The van der Waals surface area contributed by atoms with Crippen molar-refractivity contribution >= 4 is 10.0 Å². The Bertz CT molecular complexity index is 660. The van der Waals surface area contributed by atoms with Gasteiger partial charge in [-0.1, -0.05) is 30.3 Å².